The minimum atomic E-state index is -0.816. The maximum Gasteiger partial charge on any atom is 0.411 e. The van der Waals surface area contributed by atoms with Crippen LogP contribution in [0.15, 0.2) is 51.6 Å². The first-order chi connectivity index (χ1) is 9.24. The van der Waals surface area contributed by atoms with Crippen LogP contribution in [0.5, 0.6) is 5.88 Å². The third-order valence-corrected chi connectivity index (χ3v) is 4.46. The predicted molar refractivity (Wildman–Crippen MR) is 77.0 cm³/mol. The van der Waals surface area contributed by atoms with Gasteiger partial charge in [-0.15, -0.1) is 11.3 Å². The van der Waals surface area contributed by atoms with Crippen LogP contribution in [0.2, 0.25) is 0 Å². The molecule has 1 amide bonds. The molecule has 0 aliphatic rings. The number of rotatable bonds is 3. The zero-order valence-corrected chi connectivity index (χ0v) is 11.4. The van der Waals surface area contributed by atoms with Crippen LogP contribution < -0.4 is 10.5 Å². The molecule has 3 N–H and O–H groups in total. The van der Waals surface area contributed by atoms with E-state index in [4.69, 9.17) is 10.5 Å². The van der Waals surface area contributed by atoms with Crippen LogP contribution in [0.4, 0.5) is 4.79 Å². The van der Waals surface area contributed by atoms with E-state index in [9.17, 15) is 4.79 Å². The van der Waals surface area contributed by atoms with Crippen LogP contribution in [0.3, 0.4) is 0 Å². The molecule has 0 atom stereocenters. The number of benzene rings is 1. The maximum absolute atomic E-state index is 10.9. The first-order valence-electron chi connectivity index (χ1n) is 5.53. The summed E-state index contributed by atoms with van der Waals surface area (Å²) >= 11 is 3.10. The molecular formula is C13H10N2O2S2. The van der Waals surface area contributed by atoms with E-state index in [0.717, 1.165) is 20.0 Å². The summed E-state index contributed by atoms with van der Waals surface area (Å²) in [5.74, 6) is 0.406. The Balaban J connectivity index is 2.04. The number of primary amides is 1. The quantitative estimate of drug-likeness (QED) is 0.770. The second-order valence-electron chi connectivity index (χ2n) is 3.78. The summed E-state index contributed by atoms with van der Waals surface area (Å²) in [7, 11) is 0. The maximum atomic E-state index is 10.9. The second-order valence-corrected chi connectivity index (χ2v) is 5.78. The zero-order valence-electron chi connectivity index (χ0n) is 9.75. The van der Waals surface area contributed by atoms with Gasteiger partial charge in [-0.1, -0.05) is 30.0 Å². The van der Waals surface area contributed by atoms with Gasteiger partial charge in [0, 0.05) is 10.3 Å². The van der Waals surface area contributed by atoms with Gasteiger partial charge in [0.15, 0.2) is 0 Å². The molecule has 2 heterocycles. The average molecular weight is 290 g/mol. The van der Waals surface area contributed by atoms with E-state index in [0.29, 0.717) is 5.88 Å². The van der Waals surface area contributed by atoms with E-state index in [2.05, 4.69) is 4.98 Å². The molecule has 0 bridgehead atoms. The van der Waals surface area contributed by atoms with Crippen molar-refractivity contribution in [3.63, 3.8) is 0 Å². The normalized spacial score (nSPS) is 10.7. The molecule has 3 aromatic rings. The molecule has 0 spiro atoms. The van der Waals surface area contributed by atoms with E-state index in [1.165, 1.54) is 11.8 Å². The largest absolute Gasteiger partial charge is 0.411 e. The zero-order chi connectivity index (χ0) is 13.2. The second kappa shape index (κ2) is 4.99. The van der Waals surface area contributed by atoms with Crippen molar-refractivity contribution in [1.29, 1.82) is 0 Å². The Labute approximate surface area is 117 Å². The first kappa shape index (κ1) is 12.1. The van der Waals surface area contributed by atoms with Gasteiger partial charge >= 0.3 is 6.09 Å². The molecule has 3 rings (SSSR count). The molecule has 0 aliphatic heterocycles. The van der Waals surface area contributed by atoms with Gasteiger partial charge in [0.25, 0.3) is 0 Å². The van der Waals surface area contributed by atoms with Crippen molar-refractivity contribution in [3.8, 4) is 5.88 Å². The lowest BCUT2D eigenvalue weighted by Crippen LogP contribution is -2.16. The molecule has 0 fully saturated rings. The van der Waals surface area contributed by atoms with Gasteiger partial charge in [-0.25, -0.2) is 4.79 Å². The summed E-state index contributed by atoms with van der Waals surface area (Å²) in [6.07, 6.45) is -0.816. The van der Waals surface area contributed by atoms with Crippen LogP contribution in [-0.4, -0.2) is 11.1 Å². The van der Waals surface area contributed by atoms with Gasteiger partial charge in [0.1, 0.15) is 4.83 Å². The number of hydrogen-bond acceptors (Lipinski definition) is 4. The number of aromatic amines is 1. The molecule has 4 nitrogen and oxygen atoms in total. The van der Waals surface area contributed by atoms with Crippen molar-refractivity contribution in [2.24, 2.45) is 5.73 Å². The number of nitrogens with one attached hydrogen (secondary N) is 1. The fraction of sp³-hybridized carbons (Fsp3) is 0. The number of thiophene rings is 1. The fourth-order valence-corrected chi connectivity index (χ4v) is 3.60. The van der Waals surface area contributed by atoms with Crippen molar-refractivity contribution in [1.82, 2.24) is 4.98 Å². The van der Waals surface area contributed by atoms with Crippen molar-refractivity contribution in [2.45, 2.75) is 9.79 Å². The Hall–Kier alpha value is -1.92. The monoisotopic (exact) mass is 290 g/mol. The van der Waals surface area contributed by atoms with E-state index in [-0.39, 0.29) is 0 Å². The van der Waals surface area contributed by atoms with E-state index in [1.807, 2.05) is 41.8 Å². The van der Waals surface area contributed by atoms with Gasteiger partial charge in [-0.3, -0.25) is 0 Å². The lowest BCUT2D eigenvalue weighted by atomic mass is 10.4. The molecule has 96 valence electrons. The highest BCUT2D eigenvalue weighted by Crippen LogP contribution is 2.42. The Morgan fingerprint density at radius 2 is 2.05 bits per heavy atom. The minimum Gasteiger partial charge on any atom is -0.392 e. The Kier molecular flexibility index (Phi) is 3.18. The molecule has 0 saturated heterocycles. The van der Waals surface area contributed by atoms with Gasteiger partial charge in [-0.05, 0) is 23.6 Å². The van der Waals surface area contributed by atoms with Gasteiger partial charge in [0.05, 0.1) is 4.90 Å². The Morgan fingerprint density at radius 1 is 1.26 bits per heavy atom. The number of carbonyl (C=O) groups is 1. The van der Waals surface area contributed by atoms with Gasteiger partial charge in [0.2, 0.25) is 5.88 Å². The first-order valence-corrected chi connectivity index (χ1v) is 7.23. The number of carbonyl (C=O) groups excluding carboxylic acids is 1. The third-order valence-electron chi connectivity index (χ3n) is 2.51. The molecule has 0 radical (unpaired) electrons. The van der Waals surface area contributed by atoms with Crippen molar-refractivity contribution < 1.29 is 9.53 Å². The minimum absolute atomic E-state index is 0.406. The van der Waals surface area contributed by atoms with Gasteiger partial charge in [-0.2, -0.15) is 0 Å². The third kappa shape index (κ3) is 2.45. The summed E-state index contributed by atoms with van der Waals surface area (Å²) in [6.45, 7) is 0. The Morgan fingerprint density at radius 3 is 2.79 bits per heavy atom. The summed E-state index contributed by atoms with van der Waals surface area (Å²) in [5.41, 5.74) is 5.09. The number of H-pyrrole nitrogens is 1. The number of nitrogens with two attached hydrogens (primary N) is 1. The number of aromatic nitrogens is 1. The number of hydrogen-bond donors (Lipinski definition) is 2. The standard InChI is InChI=1S/C13H10N2O2S2/c14-13(16)17-11-10(9-6-7-18-12(9)15-11)19-8-4-2-1-3-5-8/h1-7,15H,(H2,14,16). The summed E-state index contributed by atoms with van der Waals surface area (Å²) in [6, 6.07) is 11.9. The van der Waals surface area contributed by atoms with Crippen LogP contribution in [0, 0.1) is 0 Å². The Bertz CT molecular complexity index is 719. The molecule has 19 heavy (non-hydrogen) atoms. The van der Waals surface area contributed by atoms with Crippen LogP contribution in [-0.2, 0) is 0 Å². The van der Waals surface area contributed by atoms with Gasteiger partial charge < -0.3 is 15.5 Å². The lowest BCUT2D eigenvalue weighted by molar-refractivity contribution is 0.208. The molecule has 1 aromatic carbocycles. The average Bonchev–Trinajstić information content (AvgIpc) is 2.94. The van der Waals surface area contributed by atoms with Crippen LogP contribution >= 0.6 is 23.1 Å². The molecule has 0 aliphatic carbocycles. The van der Waals surface area contributed by atoms with E-state index >= 15 is 0 Å². The van der Waals surface area contributed by atoms with Crippen molar-refractivity contribution in [2.75, 3.05) is 0 Å². The molecule has 0 unspecified atom stereocenters. The van der Waals surface area contributed by atoms with E-state index in [1.54, 1.807) is 11.3 Å². The summed E-state index contributed by atoms with van der Waals surface area (Å²) in [5, 5.41) is 3.03. The number of fused-ring (bicyclic) bond motifs is 1. The highest BCUT2D eigenvalue weighted by molar-refractivity contribution is 7.99. The van der Waals surface area contributed by atoms with Crippen LogP contribution in [0.25, 0.3) is 10.2 Å². The number of ether oxygens (including phenoxy) is 1. The lowest BCUT2D eigenvalue weighted by Gasteiger charge is -2.03. The van der Waals surface area contributed by atoms with Crippen LogP contribution in [0.1, 0.15) is 0 Å². The highest BCUT2D eigenvalue weighted by Gasteiger charge is 2.16. The molecule has 6 heteroatoms. The highest BCUT2D eigenvalue weighted by atomic mass is 32.2. The molecular weight excluding hydrogens is 280 g/mol. The number of amides is 1. The van der Waals surface area contributed by atoms with Crippen molar-refractivity contribution >= 4 is 39.4 Å². The topological polar surface area (TPSA) is 68.1 Å². The van der Waals surface area contributed by atoms with Crippen molar-refractivity contribution in [3.05, 3.63) is 41.8 Å². The summed E-state index contributed by atoms with van der Waals surface area (Å²) < 4.78 is 5.03. The summed E-state index contributed by atoms with van der Waals surface area (Å²) in [4.78, 5) is 16.9. The smallest absolute Gasteiger partial charge is 0.392 e. The van der Waals surface area contributed by atoms with E-state index < -0.39 is 6.09 Å². The fourth-order valence-electron chi connectivity index (χ4n) is 1.75. The molecule has 0 saturated carbocycles. The SMILES string of the molecule is NC(=O)Oc1[nH]c2sccc2c1Sc1ccccc1. The molecule has 2 aromatic heterocycles. The predicted octanol–water partition coefficient (Wildman–Crippen LogP) is 3.84.